The molecule has 0 unspecified atom stereocenters. The minimum atomic E-state index is -0.0195. The van der Waals surface area contributed by atoms with E-state index in [9.17, 15) is 4.79 Å². The molecule has 1 atom stereocenters. The number of carbonyl (C=O) groups excluding carboxylic acids is 1. The smallest absolute Gasteiger partial charge is 0.272 e. The van der Waals surface area contributed by atoms with Crippen molar-refractivity contribution in [3.63, 3.8) is 0 Å². The minimum Gasteiger partial charge on any atom is -0.336 e. The average molecular weight is 363 g/mol. The summed E-state index contributed by atoms with van der Waals surface area (Å²) in [6.07, 6.45) is 1.93. The summed E-state index contributed by atoms with van der Waals surface area (Å²) < 4.78 is 2.34. The van der Waals surface area contributed by atoms with Gasteiger partial charge in [0.25, 0.3) is 5.91 Å². The maximum atomic E-state index is 12.8. The van der Waals surface area contributed by atoms with E-state index in [-0.39, 0.29) is 11.9 Å². The zero-order valence-corrected chi connectivity index (χ0v) is 14.1. The Morgan fingerprint density at radius 2 is 2.09 bits per heavy atom. The van der Waals surface area contributed by atoms with E-state index in [4.69, 9.17) is 5.73 Å². The molecule has 1 saturated heterocycles. The van der Waals surface area contributed by atoms with Gasteiger partial charge < -0.3 is 10.6 Å². The van der Waals surface area contributed by atoms with E-state index in [1.54, 1.807) is 10.7 Å². The lowest BCUT2D eigenvalue weighted by Gasteiger charge is -2.30. The number of halogens is 1. The summed E-state index contributed by atoms with van der Waals surface area (Å²) in [6.45, 7) is 3.39. The zero-order chi connectivity index (χ0) is 15.7. The molecule has 116 valence electrons. The van der Waals surface area contributed by atoms with E-state index in [2.05, 4.69) is 21.0 Å². The molecule has 2 N–H and O–H groups in total. The van der Waals surface area contributed by atoms with Crippen molar-refractivity contribution < 1.29 is 4.79 Å². The highest BCUT2D eigenvalue weighted by atomic mass is 79.9. The van der Waals surface area contributed by atoms with Gasteiger partial charge in [-0.25, -0.2) is 4.68 Å². The number of aromatic nitrogens is 2. The number of hydrogen-bond acceptors (Lipinski definition) is 3. The van der Waals surface area contributed by atoms with Gasteiger partial charge in [-0.2, -0.15) is 5.10 Å². The second kappa shape index (κ2) is 6.22. The van der Waals surface area contributed by atoms with E-state index in [1.807, 2.05) is 36.1 Å². The molecule has 2 heterocycles. The van der Waals surface area contributed by atoms with Crippen molar-refractivity contribution in [3.8, 4) is 5.69 Å². The molecule has 1 amide bonds. The van der Waals surface area contributed by atoms with Gasteiger partial charge in [-0.05, 0) is 47.8 Å². The molecule has 0 bridgehead atoms. The number of carbonyl (C=O) groups is 1. The van der Waals surface area contributed by atoms with Crippen molar-refractivity contribution in [1.82, 2.24) is 14.7 Å². The summed E-state index contributed by atoms with van der Waals surface area (Å²) in [6, 6.07) is 9.78. The SMILES string of the molecule is Cc1ccc(-n2nc(Br)cc2C(=O)N2CCC[C@@H](N)C2)cc1. The fourth-order valence-corrected chi connectivity index (χ4v) is 3.12. The summed E-state index contributed by atoms with van der Waals surface area (Å²) >= 11 is 3.37. The molecule has 5 nitrogen and oxygen atoms in total. The average Bonchev–Trinajstić information content (AvgIpc) is 2.89. The number of piperidine rings is 1. The molecule has 0 aliphatic carbocycles. The summed E-state index contributed by atoms with van der Waals surface area (Å²) in [5, 5.41) is 4.40. The molecule has 1 aliphatic rings. The number of aryl methyl sites for hydroxylation is 1. The molecule has 1 aromatic heterocycles. The van der Waals surface area contributed by atoms with Crippen molar-refractivity contribution >= 4 is 21.8 Å². The predicted molar refractivity (Wildman–Crippen MR) is 89.1 cm³/mol. The Morgan fingerprint density at radius 1 is 1.36 bits per heavy atom. The highest BCUT2D eigenvalue weighted by molar-refractivity contribution is 9.10. The maximum absolute atomic E-state index is 12.8. The Kier molecular flexibility index (Phi) is 4.31. The Bertz CT molecular complexity index is 680. The molecule has 1 aromatic carbocycles. The Hall–Kier alpha value is -1.66. The van der Waals surface area contributed by atoms with E-state index < -0.39 is 0 Å². The number of rotatable bonds is 2. The summed E-state index contributed by atoms with van der Waals surface area (Å²) in [4.78, 5) is 14.6. The number of likely N-dealkylation sites (tertiary alicyclic amines) is 1. The summed E-state index contributed by atoms with van der Waals surface area (Å²) in [7, 11) is 0. The standard InChI is InChI=1S/C16H19BrN4O/c1-11-4-6-13(7-5-11)21-14(9-15(17)19-21)16(22)20-8-2-3-12(18)10-20/h4-7,9,12H,2-3,8,10,18H2,1H3/t12-/m1/s1. The van der Waals surface area contributed by atoms with Gasteiger partial charge in [0.05, 0.1) is 5.69 Å². The summed E-state index contributed by atoms with van der Waals surface area (Å²) in [5.74, 6) is -0.0195. The van der Waals surface area contributed by atoms with Crippen LogP contribution in [0.5, 0.6) is 0 Å². The molecule has 0 saturated carbocycles. The third-order valence-corrected chi connectivity index (χ3v) is 4.31. The summed E-state index contributed by atoms with van der Waals surface area (Å²) in [5.41, 5.74) is 8.59. The largest absolute Gasteiger partial charge is 0.336 e. The first kappa shape index (κ1) is 15.2. The molecule has 6 heteroatoms. The zero-order valence-electron chi connectivity index (χ0n) is 12.5. The third kappa shape index (κ3) is 3.08. The van der Waals surface area contributed by atoms with Crippen molar-refractivity contribution in [1.29, 1.82) is 0 Å². The lowest BCUT2D eigenvalue weighted by molar-refractivity contribution is 0.0699. The van der Waals surface area contributed by atoms with Crippen LogP contribution in [0.2, 0.25) is 0 Å². The molecule has 3 rings (SSSR count). The Morgan fingerprint density at radius 3 is 2.77 bits per heavy atom. The molecule has 2 aromatic rings. The van der Waals surface area contributed by atoms with Gasteiger partial charge in [-0.3, -0.25) is 4.79 Å². The van der Waals surface area contributed by atoms with Gasteiger partial charge in [0.15, 0.2) is 0 Å². The van der Waals surface area contributed by atoms with Gasteiger partial charge >= 0.3 is 0 Å². The first-order valence-electron chi connectivity index (χ1n) is 7.42. The van der Waals surface area contributed by atoms with E-state index in [0.717, 1.165) is 25.1 Å². The van der Waals surface area contributed by atoms with Crippen LogP contribution < -0.4 is 5.73 Å². The molecule has 1 fully saturated rings. The van der Waals surface area contributed by atoms with Crippen LogP contribution in [-0.4, -0.2) is 39.7 Å². The van der Waals surface area contributed by atoms with Crippen LogP contribution in [0.15, 0.2) is 34.9 Å². The topological polar surface area (TPSA) is 64.2 Å². The normalized spacial score (nSPS) is 18.5. The van der Waals surface area contributed by atoms with Gasteiger partial charge in [-0.15, -0.1) is 0 Å². The van der Waals surface area contributed by atoms with E-state index in [1.165, 1.54) is 5.56 Å². The highest BCUT2D eigenvalue weighted by Gasteiger charge is 2.25. The van der Waals surface area contributed by atoms with Crippen LogP contribution in [0.25, 0.3) is 5.69 Å². The number of nitrogens with two attached hydrogens (primary N) is 1. The fourth-order valence-electron chi connectivity index (χ4n) is 2.74. The molecule has 22 heavy (non-hydrogen) atoms. The van der Waals surface area contributed by atoms with Gasteiger partial charge in [0.1, 0.15) is 10.3 Å². The van der Waals surface area contributed by atoms with Crippen LogP contribution in [0.1, 0.15) is 28.9 Å². The molecule has 0 spiro atoms. The lowest BCUT2D eigenvalue weighted by Crippen LogP contribution is -2.46. The van der Waals surface area contributed by atoms with Gasteiger partial charge in [-0.1, -0.05) is 17.7 Å². The molecule has 0 radical (unpaired) electrons. The second-order valence-corrected chi connectivity index (χ2v) is 6.57. The van der Waals surface area contributed by atoms with E-state index >= 15 is 0 Å². The van der Waals surface area contributed by atoms with Gasteiger partial charge in [0.2, 0.25) is 0 Å². The van der Waals surface area contributed by atoms with Crippen LogP contribution in [-0.2, 0) is 0 Å². The lowest BCUT2D eigenvalue weighted by atomic mass is 10.1. The van der Waals surface area contributed by atoms with Crippen LogP contribution in [0.3, 0.4) is 0 Å². The monoisotopic (exact) mass is 362 g/mol. The quantitative estimate of drug-likeness (QED) is 0.892. The van der Waals surface area contributed by atoms with Crippen molar-refractivity contribution in [2.45, 2.75) is 25.8 Å². The Balaban J connectivity index is 1.93. The van der Waals surface area contributed by atoms with Crippen LogP contribution in [0, 0.1) is 6.92 Å². The first-order valence-corrected chi connectivity index (χ1v) is 8.21. The predicted octanol–water partition coefficient (Wildman–Crippen LogP) is 2.51. The first-order chi connectivity index (χ1) is 10.5. The number of nitrogens with zero attached hydrogens (tertiary/aromatic N) is 3. The Labute approximate surface area is 138 Å². The highest BCUT2D eigenvalue weighted by Crippen LogP contribution is 2.20. The van der Waals surface area contributed by atoms with Crippen LogP contribution in [0.4, 0.5) is 0 Å². The molecular formula is C16H19BrN4O. The van der Waals surface area contributed by atoms with Crippen molar-refractivity contribution in [3.05, 3.63) is 46.2 Å². The third-order valence-electron chi connectivity index (χ3n) is 3.92. The molecular weight excluding hydrogens is 344 g/mol. The van der Waals surface area contributed by atoms with Crippen molar-refractivity contribution in [2.24, 2.45) is 5.73 Å². The molecule has 1 aliphatic heterocycles. The minimum absolute atomic E-state index is 0.0195. The number of amides is 1. The van der Waals surface area contributed by atoms with Crippen molar-refractivity contribution in [2.75, 3.05) is 13.1 Å². The maximum Gasteiger partial charge on any atom is 0.272 e. The van der Waals surface area contributed by atoms with E-state index in [0.29, 0.717) is 16.8 Å². The van der Waals surface area contributed by atoms with Gasteiger partial charge in [0, 0.05) is 25.2 Å². The second-order valence-electron chi connectivity index (χ2n) is 5.75. The van der Waals surface area contributed by atoms with Crippen LogP contribution >= 0.6 is 15.9 Å². The fraction of sp³-hybridized carbons (Fsp3) is 0.375. The number of hydrogen-bond donors (Lipinski definition) is 1. The number of benzene rings is 1.